The Bertz CT molecular complexity index is 1580. The van der Waals surface area contributed by atoms with Crippen molar-refractivity contribution in [1.82, 2.24) is 4.90 Å². The summed E-state index contributed by atoms with van der Waals surface area (Å²) in [5.74, 6) is -0.217. The van der Waals surface area contributed by atoms with Crippen LogP contribution in [0.2, 0.25) is 0 Å². The van der Waals surface area contributed by atoms with Gasteiger partial charge in [0.15, 0.2) is 11.8 Å². The van der Waals surface area contributed by atoms with Gasteiger partial charge in [-0.1, -0.05) is 30.3 Å². The lowest BCUT2D eigenvalue weighted by Crippen LogP contribution is -2.29. The number of amides is 1. The molecule has 3 aromatic rings. The Kier molecular flexibility index (Phi) is 10.2. The third kappa shape index (κ3) is 7.08. The first-order valence-electron chi connectivity index (χ1n) is 13.1. The molecule has 4 rings (SSSR count). The van der Waals surface area contributed by atoms with Crippen LogP contribution in [0.5, 0.6) is 5.75 Å². The van der Waals surface area contributed by atoms with E-state index in [0.717, 1.165) is 11.3 Å². The Morgan fingerprint density at radius 3 is 2.62 bits per heavy atom. The highest BCUT2D eigenvalue weighted by atomic mass is 32.2. The van der Waals surface area contributed by atoms with Crippen molar-refractivity contribution in [3.8, 4) is 11.8 Å². The lowest BCUT2D eigenvalue weighted by Gasteiger charge is -2.23. The number of ether oxygens (including phenoxy) is 2. The maximum Gasteiger partial charge on any atom is 0.343 e. The number of esters is 1. The van der Waals surface area contributed by atoms with Crippen LogP contribution in [0.1, 0.15) is 25.0 Å². The fourth-order valence-electron chi connectivity index (χ4n) is 4.15. The number of carbonyl (C=O) groups is 2. The predicted octanol–water partition coefficient (Wildman–Crippen LogP) is 5.96. The summed E-state index contributed by atoms with van der Waals surface area (Å²) in [6.07, 6.45) is 0. The molecule has 0 radical (unpaired) electrons. The quantitative estimate of drug-likeness (QED) is 0.167. The van der Waals surface area contributed by atoms with Crippen LogP contribution in [0, 0.1) is 11.3 Å². The molecular weight excluding hydrogens is 571 g/mol. The summed E-state index contributed by atoms with van der Waals surface area (Å²) in [5.41, 5.74) is 4.15. The second kappa shape index (κ2) is 14.0. The van der Waals surface area contributed by atoms with Gasteiger partial charge in [0.2, 0.25) is 0 Å². The lowest BCUT2D eigenvalue weighted by atomic mass is 10.2. The molecular formula is C31H31N5O4S2. The molecule has 9 nitrogen and oxygen atoms in total. The van der Waals surface area contributed by atoms with Crippen LogP contribution in [0.3, 0.4) is 0 Å². The predicted molar refractivity (Wildman–Crippen MR) is 169 cm³/mol. The lowest BCUT2D eigenvalue weighted by molar-refractivity contribution is -0.142. The molecule has 1 amide bonds. The number of anilines is 2. The molecule has 0 aromatic heterocycles. The number of benzene rings is 3. The molecule has 3 aromatic carbocycles. The number of nitriles is 1. The van der Waals surface area contributed by atoms with E-state index >= 15 is 0 Å². The van der Waals surface area contributed by atoms with Crippen LogP contribution in [-0.4, -0.2) is 49.3 Å². The summed E-state index contributed by atoms with van der Waals surface area (Å²) in [6, 6.07) is 22.4. The number of aliphatic imine (C=N–C) groups is 1. The highest BCUT2D eigenvalue weighted by Crippen LogP contribution is 2.40. The number of rotatable bonds is 10. The van der Waals surface area contributed by atoms with Crippen LogP contribution in [-0.2, 0) is 20.9 Å². The Labute approximate surface area is 255 Å². The third-order valence-electron chi connectivity index (χ3n) is 6.48. The van der Waals surface area contributed by atoms with Crippen molar-refractivity contribution in [3.05, 3.63) is 88.5 Å². The Balaban J connectivity index is 1.74. The van der Waals surface area contributed by atoms with E-state index in [1.807, 2.05) is 62.2 Å². The maximum atomic E-state index is 14.0. The molecule has 1 saturated heterocycles. The monoisotopic (exact) mass is 601 g/mol. The molecule has 0 aliphatic carbocycles. The smallest absolute Gasteiger partial charge is 0.343 e. The van der Waals surface area contributed by atoms with Gasteiger partial charge in [-0.3, -0.25) is 9.69 Å². The average molecular weight is 602 g/mol. The fraction of sp³-hybridized carbons (Fsp3) is 0.226. The van der Waals surface area contributed by atoms with Gasteiger partial charge in [0.05, 0.1) is 47.3 Å². The molecule has 0 spiro atoms. The Morgan fingerprint density at radius 2 is 1.93 bits per heavy atom. The van der Waals surface area contributed by atoms with Crippen molar-refractivity contribution in [2.24, 2.45) is 4.99 Å². The molecule has 0 saturated carbocycles. The van der Waals surface area contributed by atoms with Crippen molar-refractivity contribution in [2.75, 3.05) is 37.5 Å². The van der Waals surface area contributed by atoms with E-state index in [9.17, 15) is 14.9 Å². The Hall–Kier alpha value is -4.40. The highest BCUT2D eigenvalue weighted by Gasteiger charge is 2.36. The van der Waals surface area contributed by atoms with E-state index in [0.29, 0.717) is 56.4 Å². The van der Waals surface area contributed by atoms with Crippen molar-refractivity contribution >= 4 is 58.5 Å². The van der Waals surface area contributed by atoms with E-state index in [1.165, 1.54) is 18.9 Å². The highest BCUT2D eigenvalue weighted by molar-refractivity contribution is 8.18. The van der Waals surface area contributed by atoms with Gasteiger partial charge < -0.3 is 19.7 Å². The topological polar surface area (TPSA) is 107 Å². The number of nitrogens with zero attached hydrogens (tertiary/aromatic N) is 4. The van der Waals surface area contributed by atoms with Gasteiger partial charge in [-0.2, -0.15) is 5.26 Å². The molecule has 1 N–H and O–H groups in total. The van der Waals surface area contributed by atoms with E-state index in [4.69, 9.17) is 9.73 Å². The SMILES string of the molecule is CCNc1ccc(C#N)cc1N=C1S/C(=C(\C)N(C)c2cc(OCC(=O)OC)ccc2S)C(=O)N1Cc1ccccc1. The zero-order valence-electron chi connectivity index (χ0n) is 23.7. The summed E-state index contributed by atoms with van der Waals surface area (Å²) in [7, 11) is 3.14. The average Bonchev–Trinajstić information content (AvgIpc) is 3.31. The Morgan fingerprint density at radius 1 is 1.17 bits per heavy atom. The zero-order chi connectivity index (χ0) is 30.2. The zero-order valence-corrected chi connectivity index (χ0v) is 25.5. The van der Waals surface area contributed by atoms with Crippen molar-refractivity contribution in [2.45, 2.75) is 25.3 Å². The molecule has 1 fully saturated rings. The second-order valence-electron chi connectivity index (χ2n) is 9.24. The van der Waals surface area contributed by atoms with Crippen LogP contribution in [0.25, 0.3) is 0 Å². The molecule has 216 valence electrons. The van der Waals surface area contributed by atoms with E-state index in [1.54, 1.807) is 35.2 Å². The van der Waals surface area contributed by atoms with E-state index in [-0.39, 0.29) is 12.5 Å². The first kappa shape index (κ1) is 30.6. The summed E-state index contributed by atoms with van der Waals surface area (Å²) in [6.45, 7) is 4.62. The summed E-state index contributed by atoms with van der Waals surface area (Å²) >= 11 is 5.89. The molecule has 1 aliphatic rings. The minimum atomic E-state index is -0.492. The first-order chi connectivity index (χ1) is 20.2. The molecule has 0 unspecified atom stereocenters. The molecule has 0 atom stereocenters. The first-order valence-corrected chi connectivity index (χ1v) is 14.4. The van der Waals surface area contributed by atoms with Crippen LogP contribution >= 0.6 is 24.4 Å². The third-order valence-corrected chi connectivity index (χ3v) is 8.03. The largest absolute Gasteiger partial charge is 0.482 e. The van der Waals surface area contributed by atoms with Gasteiger partial charge in [0.1, 0.15) is 5.75 Å². The molecule has 11 heteroatoms. The number of thioether (sulfide) groups is 1. The van der Waals surface area contributed by atoms with Crippen LogP contribution in [0.4, 0.5) is 17.1 Å². The second-order valence-corrected chi connectivity index (χ2v) is 10.7. The van der Waals surface area contributed by atoms with Gasteiger partial charge in [-0.25, -0.2) is 9.79 Å². The normalized spacial score (nSPS) is 14.9. The van der Waals surface area contributed by atoms with Crippen molar-refractivity contribution in [1.29, 1.82) is 5.26 Å². The molecule has 1 aliphatic heterocycles. The number of hydrogen-bond acceptors (Lipinski definition) is 10. The summed E-state index contributed by atoms with van der Waals surface area (Å²) in [5, 5.41) is 13.3. The number of amidine groups is 1. The van der Waals surface area contributed by atoms with Crippen molar-refractivity contribution in [3.63, 3.8) is 0 Å². The van der Waals surface area contributed by atoms with Gasteiger partial charge in [-0.15, -0.1) is 12.6 Å². The number of methoxy groups -OCH3 is 1. The maximum absolute atomic E-state index is 14.0. The minimum Gasteiger partial charge on any atom is -0.482 e. The number of hydrogen-bond donors (Lipinski definition) is 2. The summed E-state index contributed by atoms with van der Waals surface area (Å²) < 4.78 is 10.2. The van der Waals surface area contributed by atoms with E-state index < -0.39 is 5.97 Å². The number of thiol groups is 1. The summed E-state index contributed by atoms with van der Waals surface area (Å²) in [4.78, 5) is 35.1. The van der Waals surface area contributed by atoms with Gasteiger partial charge >= 0.3 is 5.97 Å². The van der Waals surface area contributed by atoms with Gasteiger partial charge in [-0.05, 0) is 61.5 Å². The van der Waals surface area contributed by atoms with Gasteiger partial charge in [0, 0.05) is 30.3 Å². The van der Waals surface area contributed by atoms with Crippen LogP contribution in [0.15, 0.2) is 87.2 Å². The minimum absolute atomic E-state index is 0.188. The van der Waals surface area contributed by atoms with Gasteiger partial charge in [0.25, 0.3) is 5.91 Å². The molecule has 0 bridgehead atoms. The molecule has 42 heavy (non-hydrogen) atoms. The number of allylic oxidation sites excluding steroid dienone is 1. The van der Waals surface area contributed by atoms with Crippen molar-refractivity contribution < 1.29 is 19.1 Å². The molecule has 1 heterocycles. The van der Waals surface area contributed by atoms with E-state index in [2.05, 4.69) is 28.8 Å². The standard InChI is InChI=1S/C31H31N5O4S2/c1-5-33-24-13-11-22(17-32)15-25(24)34-31-36(18-21-9-7-6-8-10-21)30(38)29(42-31)20(2)35(3)26-16-23(12-14-27(26)41)40-19-28(37)39-4/h6-16,33,41H,5,18-19H2,1-4H3/b29-20+,34-31?. The number of nitrogens with one attached hydrogen (secondary N) is 1. The fourth-order valence-corrected chi connectivity index (χ4v) is 5.50. The van der Waals surface area contributed by atoms with Crippen LogP contribution < -0.4 is 15.0 Å². The number of carbonyl (C=O) groups excluding carboxylic acids is 2.